The standard InChI is InChI=1S/C22H16BrNO3/c1-14-20(22(25)27-24-14)12-17-11-18(23)9-10-21(17)26-13-16-7-4-6-15-5-2-3-8-19(15)16/h2-12H,13H2,1H3/b20-12+. The first-order chi connectivity index (χ1) is 13.1. The van der Waals surface area contributed by atoms with E-state index in [1.807, 2.05) is 36.4 Å². The number of oxime groups is 1. The first-order valence-corrected chi connectivity index (χ1v) is 9.28. The van der Waals surface area contributed by atoms with Crippen LogP contribution in [0.2, 0.25) is 0 Å². The zero-order chi connectivity index (χ0) is 18.8. The molecular formula is C22H16BrNO3. The van der Waals surface area contributed by atoms with E-state index in [0.29, 0.717) is 23.6 Å². The number of hydrogen-bond acceptors (Lipinski definition) is 4. The Bertz CT molecular complexity index is 1100. The third-order valence-electron chi connectivity index (χ3n) is 4.41. The zero-order valence-electron chi connectivity index (χ0n) is 14.6. The highest BCUT2D eigenvalue weighted by Crippen LogP contribution is 2.29. The van der Waals surface area contributed by atoms with Gasteiger partial charge in [-0.1, -0.05) is 63.6 Å². The molecule has 1 aliphatic rings. The van der Waals surface area contributed by atoms with Crippen LogP contribution in [0.1, 0.15) is 18.1 Å². The lowest BCUT2D eigenvalue weighted by atomic mass is 10.1. The smallest absolute Gasteiger partial charge is 0.367 e. The summed E-state index contributed by atoms with van der Waals surface area (Å²) in [6, 6.07) is 20.1. The fourth-order valence-corrected chi connectivity index (χ4v) is 3.39. The molecule has 0 N–H and O–H groups in total. The monoisotopic (exact) mass is 421 g/mol. The van der Waals surface area contributed by atoms with Crippen molar-refractivity contribution in [2.75, 3.05) is 0 Å². The molecular weight excluding hydrogens is 406 g/mol. The number of carbonyl (C=O) groups is 1. The van der Waals surface area contributed by atoms with Crippen molar-refractivity contribution >= 4 is 44.5 Å². The Kier molecular flexibility index (Phi) is 4.77. The second-order valence-corrected chi connectivity index (χ2v) is 7.14. The van der Waals surface area contributed by atoms with Gasteiger partial charge in [0.2, 0.25) is 0 Å². The summed E-state index contributed by atoms with van der Waals surface area (Å²) in [5.74, 6) is 0.235. The lowest BCUT2D eigenvalue weighted by Gasteiger charge is -2.12. The van der Waals surface area contributed by atoms with E-state index in [0.717, 1.165) is 15.6 Å². The van der Waals surface area contributed by atoms with Gasteiger partial charge in [0.1, 0.15) is 12.4 Å². The van der Waals surface area contributed by atoms with E-state index in [4.69, 9.17) is 9.57 Å². The highest BCUT2D eigenvalue weighted by Gasteiger charge is 2.22. The van der Waals surface area contributed by atoms with Gasteiger partial charge in [-0.2, -0.15) is 0 Å². The molecule has 0 bridgehead atoms. The molecule has 4 rings (SSSR count). The molecule has 0 saturated carbocycles. The SMILES string of the molecule is CC1=NOC(=O)/C1=C/c1cc(Br)ccc1OCc1cccc2ccccc12. The molecule has 0 amide bonds. The van der Waals surface area contributed by atoms with Crippen LogP contribution in [0.15, 0.2) is 75.9 Å². The Morgan fingerprint density at radius 3 is 2.74 bits per heavy atom. The Labute approximate surface area is 165 Å². The van der Waals surface area contributed by atoms with E-state index >= 15 is 0 Å². The number of benzene rings is 3. The maximum atomic E-state index is 11.9. The van der Waals surface area contributed by atoms with Gasteiger partial charge in [0.15, 0.2) is 0 Å². The van der Waals surface area contributed by atoms with Crippen LogP contribution in [0.25, 0.3) is 16.8 Å². The number of nitrogens with zero attached hydrogens (tertiary/aromatic N) is 1. The molecule has 0 fully saturated rings. The Balaban J connectivity index is 1.66. The van der Waals surface area contributed by atoms with Crippen molar-refractivity contribution in [3.63, 3.8) is 0 Å². The molecule has 5 heteroatoms. The number of carbonyl (C=O) groups excluding carboxylic acids is 1. The lowest BCUT2D eigenvalue weighted by Crippen LogP contribution is -2.03. The summed E-state index contributed by atoms with van der Waals surface area (Å²) in [4.78, 5) is 16.6. The van der Waals surface area contributed by atoms with Crippen LogP contribution in [0.3, 0.4) is 0 Å². The Morgan fingerprint density at radius 1 is 1.11 bits per heavy atom. The van der Waals surface area contributed by atoms with E-state index in [1.54, 1.807) is 13.0 Å². The molecule has 27 heavy (non-hydrogen) atoms. The average molecular weight is 422 g/mol. The Hall–Kier alpha value is -2.92. The summed E-state index contributed by atoms with van der Waals surface area (Å²) in [5, 5.41) is 6.06. The second-order valence-electron chi connectivity index (χ2n) is 6.22. The van der Waals surface area contributed by atoms with Crippen LogP contribution in [0.4, 0.5) is 0 Å². The van der Waals surface area contributed by atoms with E-state index in [1.165, 1.54) is 10.8 Å². The molecule has 0 atom stereocenters. The average Bonchev–Trinajstić information content (AvgIpc) is 2.99. The third kappa shape index (κ3) is 3.64. The first kappa shape index (κ1) is 17.5. The zero-order valence-corrected chi connectivity index (χ0v) is 16.2. The van der Waals surface area contributed by atoms with Crippen molar-refractivity contribution in [1.29, 1.82) is 0 Å². The van der Waals surface area contributed by atoms with Gasteiger partial charge < -0.3 is 9.57 Å². The first-order valence-electron chi connectivity index (χ1n) is 8.49. The highest BCUT2D eigenvalue weighted by atomic mass is 79.9. The maximum absolute atomic E-state index is 11.9. The predicted molar refractivity (Wildman–Crippen MR) is 110 cm³/mol. The van der Waals surface area contributed by atoms with Crippen LogP contribution in [-0.2, 0) is 16.2 Å². The van der Waals surface area contributed by atoms with Crippen LogP contribution < -0.4 is 4.74 Å². The van der Waals surface area contributed by atoms with E-state index in [9.17, 15) is 4.79 Å². The summed E-state index contributed by atoms with van der Waals surface area (Å²) >= 11 is 3.47. The van der Waals surface area contributed by atoms with Gasteiger partial charge in [-0.15, -0.1) is 0 Å². The van der Waals surface area contributed by atoms with Gasteiger partial charge in [-0.3, -0.25) is 0 Å². The normalized spacial score (nSPS) is 15.1. The van der Waals surface area contributed by atoms with Crippen molar-refractivity contribution in [2.45, 2.75) is 13.5 Å². The fraction of sp³-hybridized carbons (Fsp3) is 0.0909. The van der Waals surface area contributed by atoms with Crippen molar-refractivity contribution in [1.82, 2.24) is 0 Å². The van der Waals surface area contributed by atoms with Crippen molar-refractivity contribution < 1.29 is 14.4 Å². The molecule has 0 saturated heterocycles. The van der Waals surface area contributed by atoms with Crippen LogP contribution in [0.5, 0.6) is 5.75 Å². The minimum Gasteiger partial charge on any atom is -0.488 e. The van der Waals surface area contributed by atoms with Crippen LogP contribution in [-0.4, -0.2) is 11.7 Å². The molecule has 4 nitrogen and oxygen atoms in total. The van der Waals surface area contributed by atoms with E-state index in [2.05, 4.69) is 45.4 Å². The molecule has 3 aromatic carbocycles. The summed E-state index contributed by atoms with van der Waals surface area (Å²) in [6.07, 6.45) is 1.75. The molecule has 1 heterocycles. The van der Waals surface area contributed by atoms with Crippen molar-refractivity contribution in [3.8, 4) is 5.75 Å². The maximum Gasteiger partial charge on any atom is 0.367 e. The number of halogens is 1. The fourth-order valence-electron chi connectivity index (χ4n) is 3.01. The molecule has 3 aromatic rings. The molecule has 0 radical (unpaired) electrons. The van der Waals surface area contributed by atoms with Gasteiger partial charge >= 0.3 is 5.97 Å². The van der Waals surface area contributed by atoms with E-state index < -0.39 is 5.97 Å². The van der Waals surface area contributed by atoms with Crippen molar-refractivity contribution in [3.05, 3.63) is 81.8 Å². The molecule has 0 spiro atoms. The highest BCUT2D eigenvalue weighted by molar-refractivity contribution is 9.10. The van der Waals surface area contributed by atoms with Gasteiger partial charge in [0.25, 0.3) is 0 Å². The third-order valence-corrected chi connectivity index (χ3v) is 4.90. The lowest BCUT2D eigenvalue weighted by molar-refractivity contribution is -0.136. The summed E-state index contributed by atoms with van der Waals surface area (Å²) in [5.41, 5.74) is 2.88. The minimum atomic E-state index is -0.451. The van der Waals surface area contributed by atoms with Gasteiger partial charge in [-0.25, -0.2) is 4.79 Å². The number of hydrogen-bond donors (Lipinski definition) is 0. The molecule has 134 valence electrons. The van der Waals surface area contributed by atoms with E-state index in [-0.39, 0.29) is 0 Å². The summed E-state index contributed by atoms with van der Waals surface area (Å²) in [6.45, 7) is 2.17. The largest absolute Gasteiger partial charge is 0.488 e. The van der Waals surface area contributed by atoms with Gasteiger partial charge in [0, 0.05) is 10.0 Å². The topological polar surface area (TPSA) is 47.9 Å². The number of rotatable bonds is 4. The van der Waals surface area contributed by atoms with Crippen molar-refractivity contribution in [2.24, 2.45) is 5.16 Å². The molecule has 0 aliphatic carbocycles. The molecule has 0 aromatic heterocycles. The van der Waals surface area contributed by atoms with Gasteiger partial charge in [-0.05, 0) is 47.5 Å². The number of fused-ring (bicyclic) bond motifs is 1. The number of ether oxygens (including phenoxy) is 1. The van der Waals surface area contributed by atoms with Crippen LogP contribution >= 0.6 is 15.9 Å². The quantitative estimate of drug-likeness (QED) is 0.412. The molecule has 1 aliphatic heterocycles. The minimum absolute atomic E-state index is 0.427. The summed E-state index contributed by atoms with van der Waals surface area (Å²) in [7, 11) is 0. The van der Waals surface area contributed by atoms with Gasteiger partial charge in [0.05, 0.1) is 11.3 Å². The Morgan fingerprint density at radius 2 is 1.93 bits per heavy atom. The second kappa shape index (κ2) is 7.37. The molecule has 0 unspecified atom stereocenters. The van der Waals surface area contributed by atoms with Crippen LogP contribution in [0, 0.1) is 0 Å². The predicted octanol–water partition coefficient (Wildman–Crippen LogP) is 5.50. The summed E-state index contributed by atoms with van der Waals surface area (Å²) < 4.78 is 7.01.